The van der Waals surface area contributed by atoms with Crippen molar-refractivity contribution in [2.45, 2.75) is 13.5 Å². The highest BCUT2D eigenvalue weighted by Crippen LogP contribution is 2.17. The molecule has 1 nitrogen and oxygen atoms in total. The zero-order chi connectivity index (χ0) is 13.0. The normalized spacial score (nSPS) is 11.1. The number of rotatable bonds is 3. The van der Waals surface area contributed by atoms with E-state index in [-0.39, 0.29) is 0 Å². The van der Waals surface area contributed by atoms with Gasteiger partial charge in [-0.25, -0.2) is 0 Å². The van der Waals surface area contributed by atoms with Gasteiger partial charge in [-0.1, -0.05) is 58.4 Å². The van der Waals surface area contributed by atoms with Gasteiger partial charge < -0.3 is 5.73 Å². The first-order chi connectivity index (χ1) is 8.67. The maximum atomic E-state index is 5.57. The zero-order valence-electron chi connectivity index (χ0n) is 10.4. The fraction of sp³-hybridized carbons (Fsp3) is 0.125. The van der Waals surface area contributed by atoms with Gasteiger partial charge in [0.1, 0.15) is 0 Å². The van der Waals surface area contributed by atoms with Crippen LogP contribution >= 0.6 is 15.9 Å². The molecule has 0 bridgehead atoms. The van der Waals surface area contributed by atoms with Gasteiger partial charge in [0.2, 0.25) is 0 Å². The number of benzene rings is 2. The van der Waals surface area contributed by atoms with Crippen LogP contribution < -0.4 is 5.73 Å². The largest absolute Gasteiger partial charge is 0.326 e. The van der Waals surface area contributed by atoms with Crippen molar-refractivity contribution < 1.29 is 0 Å². The summed E-state index contributed by atoms with van der Waals surface area (Å²) in [7, 11) is 0. The van der Waals surface area contributed by atoms with Crippen molar-refractivity contribution in [1.29, 1.82) is 0 Å². The van der Waals surface area contributed by atoms with Crippen molar-refractivity contribution in [2.75, 3.05) is 0 Å². The van der Waals surface area contributed by atoms with Crippen molar-refractivity contribution in [1.82, 2.24) is 0 Å². The van der Waals surface area contributed by atoms with E-state index in [1.807, 2.05) is 0 Å². The molecule has 18 heavy (non-hydrogen) atoms. The third-order valence-corrected chi connectivity index (χ3v) is 3.21. The van der Waals surface area contributed by atoms with E-state index in [9.17, 15) is 0 Å². The maximum Gasteiger partial charge on any atom is 0.0183 e. The molecule has 2 aromatic carbocycles. The molecule has 0 unspecified atom stereocenters. The van der Waals surface area contributed by atoms with Crippen molar-refractivity contribution in [3.8, 4) is 0 Å². The Bertz CT molecular complexity index is 536. The average Bonchev–Trinajstić information content (AvgIpc) is 2.36. The monoisotopic (exact) mass is 301 g/mol. The molecule has 0 atom stereocenters. The predicted octanol–water partition coefficient (Wildman–Crippen LogP) is 4.39. The van der Waals surface area contributed by atoms with Gasteiger partial charge in [0.05, 0.1) is 0 Å². The number of hydrogen-bond donors (Lipinski definition) is 1. The first kappa shape index (κ1) is 13.1. The van der Waals surface area contributed by atoms with Gasteiger partial charge in [0.25, 0.3) is 0 Å². The standard InChI is InChI=1S/C16H16BrN/c1-12-8-15(10-16(17)9-12)7-4-13-2-5-14(11-18)6-3-13/h2-10H,11,18H2,1H3/b7-4+. The summed E-state index contributed by atoms with van der Waals surface area (Å²) in [5.74, 6) is 0. The molecule has 0 heterocycles. The molecule has 0 spiro atoms. The molecule has 0 saturated heterocycles. The van der Waals surface area contributed by atoms with Crippen LogP contribution in [0.3, 0.4) is 0 Å². The highest BCUT2D eigenvalue weighted by atomic mass is 79.9. The van der Waals surface area contributed by atoms with Crippen LogP contribution in [0.1, 0.15) is 22.3 Å². The quantitative estimate of drug-likeness (QED) is 0.836. The minimum Gasteiger partial charge on any atom is -0.326 e. The van der Waals surface area contributed by atoms with E-state index >= 15 is 0 Å². The van der Waals surface area contributed by atoms with Crippen molar-refractivity contribution in [3.63, 3.8) is 0 Å². The molecular formula is C16H16BrN. The second kappa shape index (κ2) is 5.98. The lowest BCUT2D eigenvalue weighted by atomic mass is 10.1. The lowest BCUT2D eigenvalue weighted by molar-refractivity contribution is 1.07. The third kappa shape index (κ3) is 3.56. The first-order valence-corrected chi connectivity index (χ1v) is 6.71. The molecule has 0 aliphatic carbocycles. The topological polar surface area (TPSA) is 26.0 Å². The lowest BCUT2D eigenvalue weighted by Gasteiger charge is -2.00. The summed E-state index contributed by atoms with van der Waals surface area (Å²) in [4.78, 5) is 0. The molecule has 0 radical (unpaired) electrons. The van der Waals surface area contributed by atoms with Gasteiger partial charge in [0, 0.05) is 11.0 Å². The molecule has 0 saturated carbocycles. The maximum absolute atomic E-state index is 5.57. The van der Waals surface area contributed by atoms with Crippen molar-refractivity contribution in [2.24, 2.45) is 5.73 Å². The Kier molecular flexibility index (Phi) is 4.34. The molecule has 0 fully saturated rings. The van der Waals surface area contributed by atoms with E-state index in [1.165, 1.54) is 16.7 Å². The Labute approximate surface area is 116 Å². The van der Waals surface area contributed by atoms with E-state index in [2.05, 4.69) is 77.5 Å². The summed E-state index contributed by atoms with van der Waals surface area (Å²) < 4.78 is 1.11. The van der Waals surface area contributed by atoms with Crippen LogP contribution in [0.4, 0.5) is 0 Å². The van der Waals surface area contributed by atoms with Crippen LogP contribution in [0.25, 0.3) is 12.2 Å². The summed E-state index contributed by atoms with van der Waals surface area (Å²) in [6, 6.07) is 14.7. The van der Waals surface area contributed by atoms with Crippen LogP contribution in [0.5, 0.6) is 0 Å². The number of hydrogen-bond acceptors (Lipinski definition) is 1. The van der Waals surface area contributed by atoms with Gasteiger partial charge in [0.15, 0.2) is 0 Å². The summed E-state index contributed by atoms with van der Waals surface area (Å²) >= 11 is 3.51. The number of halogens is 1. The van der Waals surface area contributed by atoms with E-state index < -0.39 is 0 Å². The average molecular weight is 302 g/mol. The van der Waals surface area contributed by atoms with Gasteiger partial charge in [-0.3, -0.25) is 0 Å². The molecule has 2 aromatic rings. The molecule has 0 aromatic heterocycles. The Morgan fingerprint density at radius 3 is 2.28 bits per heavy atom. The van der Waals surface area contributed by atoms with Crippen LogP contribution in [0.15, 0.2) is 46.9 Å². The fourth-order valence-electron chi connectivity index (χ4n) is 1.82. The second-order valence-electron chi connectivity index (χ2n) is 4.34. The second-order valence-corrected chi connectivity index (χ2v) is 5.26. The molecule has 2 rings (SSSR count). The smallest absolute Gasteiger partial charge is 0.0183 e. The molecule has 2 N–H and O–H groups in total. The Morgan fingerprint density at radius 1 is 1.00 bits per heavy atom. The summed E-state index contributed by atoms with van der Waals surface area (Å²) in [6.07, 6.45) is 4.23. The molecule has 0 aliphatic heterocycles. The Hall–Kier alpha value is -1.38. The Balaban J connectivity index is 2.18. The molecule has 92 valence electrons. The first-order valence-electron chi connectivity index (χ1n) is 5.91. The summed E-state index contributed by atoms with van der Waals surface area (Å²) in [6.45, 7) is 2.69. The minimum absolute atomic E-state index is 0.592. The van der Waals surface area contributed by atoms with Gasteiger partial charge in [-0.15, -0.1) is 0 Å². The summed E-state index contributed by atoms with van der Waals surface area (Å²) in [5, 5.41) is 0. The van der Waals surface area contributed by atoms with Crippen molar-refractivity contribution >= 4 is 28.1 Å². The van der Waals surface area contributed by atoms with Gasteiger partial charge >= 0.3 is 0 Å². The zero-order valence-corrected chi connectivity index (χ0v) is 11.9. The van der Waals surface area contributed by atoms with Crippen molar-refractivity contribution in [3.05, 3.63) is 69.2 Å². The number of nitrogens with two attached hydrogens (primary N) is 1. The SMILES string of the molecule is Cc1cc(Br)cc(/C=C/c2ccc(CN)cc2)c1. The van der Waals surface area contributed by atoms with E-state index in [0.29, 0.717) is 6.54 Å². The highest BCUT2D eigenvalue weighted by Gasteiger charge is 1.94. The minimum atomic E-state index is 0.592. The molecule has 0 amide bonds. The Morgan fingerprint density at radius 2 is 1.67 bits per heavy atom. The van der Waals surface area contributed by atoms with Crippen LogP contribution in [0.2, 0.25) is 0 Å². The highest BCUT2D eigenvalue weighted by molar-refractivity contribution is 9.10. The van der Waals surface area contributed by atoms with Gasteiger partial charge in [-0.2, -0.15) is 0 Å². The third-order valence-electron chi connectivity index (χ3n) is 2.75. The van der Waals surface area contributed by atoms with E-state index in [4.69, 9.17) is 5.73 Å². The molecule has 0 aliphatic rings. The molecule has 2 heteroatoms. The van der Waals surface area contributed by atoms with Crippen LogP contribution in [0, 0.1) is 6.92 Å². The fourth-order valence-corrected chi connectivity index (χ4v) is 2.44. The summed E-state index contributed by atoms with van der Waals surface area (Å²) in [5.41, 5.74) is 10.4. The van der Waals surface area contributed by atoms with Gasteiger partial charge in [-0.05, 0) is 41.3 Å². The lowest BCUT2D eigenvalue weighted by Crippen LogP contribution is -1.94. The van der Waals surface area contributed by atoms with E-state index in [0.717, 1.165) is 10.0 Å². The number of aryl methyl sites for hydroxylation is 1. The van der Waals surface area contributed by atoms with E-state index in [1.54, 1.807) is 0 Å². The van der Waals surface area contributed by atoms with Crippen LogP contribution in [-0.2, 0) is 6.54 Å². The molecular weight excluding hydrogens is 286 g/mol. The predicted molar refractivity (Wildman–Crippen MR) is 82.1 cm³/mol. The van der Waals surface area contributed by atoms with Crippen LogP contribution in [-0.4, -0.2) is 0 Å².